The van der Waals surface area contributed by atoms with Crippen molar-refractivity contribution in [1.82, 2.24) is 4.98 Å². The Balaban J connectivity index is 1.75. The highest BCUT2D eigenvalue weighted by atomic mass is 16.5. The lowest BCUT2D eigenvalue weighted by Crippen LogP contribution is -2.33. The highest BCUT2D eigenvalue weighted by Gasteiger charge is 2.44. The molecule has 5 rings (SSSR count). The van der Waals surface area contributed by atoms with Crippen LogP contribution < -0.4 is 10.5 Å². The van der Waals surface area contributed by atoms with Gasteiger partial charge in [-0.1, -0.05) is 50.2 Å². The number of nitriles is 1. The van der Waals surface area contributed by atoms with Gasteiger partial charge < -0.3 is 15.2 Å². The van der Waals surface area contributed by atoms with Gasteiger partial charge in [0.15, 0.2) is 5.78 Å². The molecule has 1 aliphatic carbocycles. The van der Waals surface area contributed by atoms with Crippen molar-refractivity contribution in [2.45, 2.75) is 32.6 Å². The quantitative estimate of drug-likeness (QED) is 0.583. The van der Waals surface area contributed by atoms with E-state index in [-0.39, 0.29) is 22.7 Å². The normalized spacial score (nSPS) is 19.7. The first-order valence-electron chi connectivity index (χ1n) is 10.8. The molecule has 0 amide bonds. The summed E-state index contributed by atoms with van der Waals surface area (Å²) in [4.78, 5) is 18.1. The minimum absolute atomic E-state index is 0.0190. The largest absolute Gasteiger partial charge is 0.444 e. The molecule has 33 heavy (non-hydrogen) atoms. The number of hydrogen-bond acceptors (Lipinski definition) is 6. The topological polar surface area (TPSA) is 98.2 Å². The van der Waals surface area contributed by atoms with Crippen LogP contribution >= 0.6 is 0 Å². The van der Waals surface area contributed by atoms with Crippen molar-refractivity contribution < 1.29 is 14.3 Å². The van der Waals surface area contributed by atoms with E-state index in [1.54, 1.807) is 0 Å². The van der Waals surface area contributed by atoms with Gasteiger partial charge in [-0.15, -0.1) is 0 Å². The summed E-state index contributed by atoms with van der Waals surface area (Å²) in [7, 11) is 0. The Morgan fingerprint density at radius 1 is 1.12 bits per heavy atom. The van der Waals surface area contributed by atoms with E-state index in [1.807, 2.05) is 74.5 Å². The number of benzene rings is 2. The molecular formula is C27H23N3O3. The molecule has 0 bridgehead atoms. The molecule has 6 nitrogen and oxygen atoms in total. The number of hydrogen-bond donors (Lipinski definition) is 1. The monoisotopic (exact) mass is 437 g/mol. The van der Waals surface area contributed by atoms with Gasteiger partial charge in [0.1, 0.15) is 23.2 Å². The van der Waals surface area contributed by atoms with E-state index < -0.39 is 5.92 Å². The number of rotatable bonds is 3. The fraction of sp³-hybridized carbons (Fsp3) is 0.222. The number of para-hydroxylation sites is 2. The van der Waals surface area contributed by atoms with Crippen molar-refractivity contribution in [3.8, 4) is 17.7 Å². The number of fused-ring (bicyclic) bond motifs is 1. The fourth-order valence-electron chi connectivity index (χ4n) is 4.60. The van der Waals surface area contributed by atoms with Crippen LogP contribution in [0, 0.1) is 16.7 Å². The number of allylic oxidation sites excluding steroid dienone is 3. The number of nitrogens with two attached hydrogens (primary N) is 1. The minimum Gasteiger partial charge on any atom is -0.444 e. The third-order valence-corrected chi connectivity index (χ3v) is 6.06. The lowest BCUT2D eigenvalue weighted by Gasteiger charge is -2.37. The van der Waals surface area contributed by atoms with Crippen LogP contribution in [0.3, 0.4) is 0 Å². The molecule has 0 spiro atoms. The molecule has 1 atom stereocenters. The van der Waals surface area contributed by atoms with Crippen LogP contribution in [0.25, 0.3) is 10.9 Å². The lowest BCUT2D eigenvalue weighted by atomic mass is 9.70. The molecule has 0 saturated heterocycles. The van der Waals surface area contributed by atoms with Gasteiger partial charge >= 0.3 is 0 Å². The van der Waals surface area contributed by atoms with E-state index in [2.05, 4.69) is 6.07 Å². The van der Waals surface area contributed by atoms with Gasteiger partial charge in [-0.25, -0.2) is 4.98 Å². The van der Waals surface area contributed by atoms with Crippen molar-refractivity contribution >= 4 is 16.7 Å². The number of carbonyl (C=O) groups is 1. The second kappa shape index (κ2) is 7.79. The second-order valence-electron chi connectivity index (χ2n) is 9.19. The van der Waals surface area contributed by atoms with Gasteiger partial charge in [-0.3, -0.25) is 4.79 Å². The van der Waals surface area contributed by atoms with Crippen LogP contribution in [0.5, 0.6) is 11.6 Å². The molecule has 1 aromatic heterocycles. The van der Waals surface area contributed by atoms with Gasteiger partial charge in [0, 0.05) is 29.4 Å². The van der Waals surface area contributed by atoms with Crippen LogP contribution in [-0.4, -0.2) is 10.8 Å². The molecule has 1 unspecified atom stereocenters. The Bertz CT molecular complexity index is 1380. The molecule has 2 N–H and O–H groups in total. The Hall–Kier alpha value is -4.11. The highest BCUT2D eigenvalue weighted by molar-refractivity contribution is 6.00. The lowest BCUT2D eigenvalue weighted by molar-refractivity contribution is -0.119. The van der Waals surface area contributed by atoms with Crippen LogP contribution in [0.4, 0.5) is 0 Å². The standard InChI is InChI=1S/C27H23N3O3/c1-27(2)13-21(31)24-22(14-27)33-25(29)19(15-28)23(24)18-12-16-8-6-7-11-20(16)30-26(18)32-17-9-4-3-5-10-17/h3-12,23H,13-14,29H2,1-2H3. The highest BCUT2D eigenvalue weighted by Crippen LogP contribution is 2.50. The summed E-state index contributed by atoms with van der Waals surface area (Å²) in [6.45, 7) is 4.04. The van der Waals surface area contributed by atoms with E-state index in [0.29, 0.717) is 41.4 Å². The maximum atomic E-state index is 13.4. The number of aromatic nitrogens is 1. The zero-order valence-electron chi connectivity index (χ0n) is 18.5. The predicted octanol–water partition coefficient (Wildman–Crippen LogP) is 5.48. The number of Topliss-reactive ketones (excluding diaryl/α,β-unsaturated/α-hetero) is 1. The van der Waals surface area contributed by atoms with Crippen LogP contribution in [0.1, 0.15) is 38.2 Å². The van der Waals surface area contributed by atoms with Gasteiger partial charge in [0.05, 0.1) is 11.4 Å². The van der Waals surface area contributed by atoms with Crippen LogP contribution in [0.2, 0.25) is 0 Å². The zero-order valence-corrected chi connectivity index (χ0v) is 18.5. The SMILES string of the molecule is CC1(C)CC(=O)C2=C(C1)OC(N)=C(C#N)C2c1cc2ccccc2nc1Oc1ccccc1. The maximum absolute atomic E-state index is 13.4. The van der Waals surface area contributed by atoms with E-state index in [9.17, 15) is 10.1 Å². The number of carbonyl (C=O) groups excluding carboxylic acids is 1. The van der Waals surface area contributed by atoms with Gasteiger partial charge in [0.2, 0.25) is 11.8 Å². The van der Waals surface area contributed by atoms with Gasteiger partial charge in [-0.05, 0) is 29.7 Å². The van der Waals surface area contributed by atoms with Crippen molar-refractivity contribution in [3.63, 3.8) is 0 Å². The summed E-state index contributed by atoms with van der Waals surface area (Å²) >= 11 is 0. The van der Waals surface area contributed by atoms with Crippen molar-refractivity contribution in [2.75, 3.05) is 0 Å². The summed E-state index contributed by atoms with van der Waals surface area (Å²) in [5.74, 6) is 0.719. The van der Waals surface area contributed by atoms with Crippen molar-refractivity contribution in [2.24, 2.45) is 11.1 Å². The van der Waals surface area contributed by atoms with Crippen LogP contribution in [-0.2, 0) is 9.53 Å². The average Bonchev–Trinajstić information content (AvgIpc) is 2.77. The summed E-state index contributed by atoms with van der Waals surface area (Å²) in [6.07, 6.45) is 0.917. The molecule has 3 aromatic rings. The molecule has 6 heteroatoms. The molecule has 2 aliphatic rings. The Kier molecular flexibility index (Phi) is 4.90. The first kappa shape index (κ1) is 20.8. The molecule has 164 valence electrons. The fourth-order valence-corrected chi connectivity index (χ4v) is 4.60. The third-order valence-electron chi connectivity index (χ3n) is 6.06. The summed E-state index contributed by atoms with van der Waals surface area (Å²) < 4.78 is 12.0. The molecule has 2 heterocycles. The first-order chi connectivity index (χ1) is 15.9. The van der Waals surface area contributed by atoms with Gasteiger partial charge in [0.25, 0.3) is 0 Å². The number of nitrogens with zero attached hydrogens (tertiary/aromatic N) is 2. The van der Waals surface area contributed by atoms with E-state index >= 15 is 0 Å². The predicted molar refractivity (Wildman–Crippen MR) is 124 cm³/mol. The summed E-state index contributed by atoms with van der Waals surface area (Å²) in [5.41, 5.74) is 7.97. The van der Waals surface area contributed by atoms with Crippen molar-refractivity contribution in [3.05, 3.63) is 89.0 Å². The molecular weight excluding hydrogens is 414 g/mol. The summed E-state index contributed by atoms with van der Waals surface area (Å²) in [6, 6.07) is 21.1. The Labute approximate surface area is 191 Å². The molecule has 2 aromatic carbocycles. The van der Waals surface area contributed by atoms with E-state index in [1.165, 1.54) is 0 Å². The maximum Gasteiger partial charge on any atom is 0.224 e. The smallest absolute Gasteiger partial charge is 0.224 e. The number of pyridine rings is 1. The Morgan fingerprint density at radius 2 is 1.85 bits per heavy atom. The third kappa shape index (κ3) is 3.72. The van der Waals surface area contributed by atoms with E-state index in [4.69, 9.17) is 20.2 Å². The average molecular weight is 437 g/mol. The number of ether oxygens (including phenoxy) is 2. The second-order valence-corrected chi connectivity index (χ2v) is 9.19. The molecule has 0 fully saturated rings. The molecule has 0 radical (unpaired) electrons. The van der Waals surface area contributed by atoms with Crippen LogP contribution in [0.15, 0.2) is 83.5 Å². The summed E-state index contributed by atoms with van der Waals surface area (Å²) in [5, 5.41) is 10.9. The first-order valence-corrected chi connectivity index (χ1v) is 10.8. The molecule has 0 saturated carbocycles. The van der Waals surface area contributed by atoms with Crippen molar-refractivity contribution in [1.29, 1.82) is 5.26 Å². The number of ketones is 1. The molecule has 1 aliphatic heterocycles. The van der Waals surface area contributed by atoms with E-state index in [0.717, 1.165) is 10.9 Å². The zero-order chi connectivity index (χ0) is 23.2. The minimum atomic E-state index is -0.710. The van der Waals surface area contributed by atoms with Gasteiger partial charge in [-0.2, -0.15) is 5.26 Å². The Morgan fingerprint density at radius 3 is 2.61 bits per heavy atom.